The quantitative estimate of drug-likeness (QED) is 0.786. The number of carbonyl (C=O) groups is 1. The Kier molecular flexibility index (Phi) is 6.65. The third kappa shape index (κ3) is 5.10. The van der Waals surface area contributed by atoms with Gasteiger partial charge in [-0.05, 0) is 49.9 Å². The van der Waals surface area contributed by atoms with Crippen LogP contribution in [-0.2, 0) is 14.8 Å². The van der Waals surface area contributed by atoms with Gasteiger partial charge in [-0.15, -0.1) is 0 Å². The molecule has 0 aliphatic carbocycles. The summed E-state index contributed by atoms with van der Waals surface area (Å²) in [5, 5.41) is 2.96. The van der Waals surface area contributed by atoms with Gasteiger partial charge in [0.15, 0.2) is 0 Å². The zero-order valence-corrected chi connectivity index (χ0v) is 17.4. The normalized spacial score (nSPS) is 13.7. The SMILES string of the molecule is CC[C@@H](C(=O)N[C@H](C)c1ccccc1)N(c1cc(C)ccc1C)S(C)(=O)=O. The molecule has 2 rings (SSSR count). The monoisotopic (exact) mass is 388 g/mol. The van der Waals surface area contributed by atoms with E-state index in [-0.39, 0.29) is 11.9 Å². The van der Waals surface area contributed by atoms with Crippen LogP contribution in [0.1, 0.15) is 43.0 Å². The summed E-state index contributed by atoms with van der Waals surface area (Å²) < 4.78 is 26.5. The lowest BCUT2D eigenvalue weighted by Crippen LogP contribution is -2.50. The van der Waals surface area contributed by atoms with Gasteiger partial charge in [-0.25, -0.2) is 8.42 Å². The summed E-state index contributed by atoms with van der Waals surface area (Å²) in [5.41, 5.74) is 3.27. The molecule has 1 amide bonds. The number of amides is 1. The molecule has 1 N–H and O–H groups in total. The number of hydrogen-bond acceptors (Lipinski definition) is 3. The molecule has 0 spiro atoms. The Labute approximate surface area is 162 Å². The summed E-state index contributed by atoms with van der Waals surface area (Å²) in [6, 6.07) is 14.2. The molecule has 0 fully saturated rings. The lowest BCUT2D eigenvalue weighted by molar-refractivity contribution is -0.122. The van der Waals surface area contributed by atoms with Crippen molar-refractivity contribution in [3.8, 4) is 0 Å². The van der Waals surface area contributed by atoms with Gasteiger partial charge in [0, 0.05) is 0 Å². The first-order chi connectivity index (χ1) is 12.6. The molecule has 0 saturated heterocycles. The van der Waals surface area contributed by atoms with Crippen LogP contribution in [0.4, 0.5) is 5.69 Å². The molecule has 0 unspecified atom stereocenters. The summed E-state index contributed by atoms with van der Waals surface area (Å²) in [6.45, 7) is 7.47. The Morgan fingerprint density at radius 1 is 1.11 bits per heavy atom. The zero-order chi connectivity index (χ0) is 20.2. The van der Waals surface area contributed by atoms with Gasteiger partial charge in [-0.1, -0.05) is 49.4 Å². The molecule has 0 aliphatic heterocycles. The number of nitrogens with one attached hydrogen (secondary N) is 1. The highest BCUT2D eigenvalue weighted by molar-refractivity contribution is 7.92. The van der Waals surface area contributed by atoms with Crippen molar-refractivity contribution in [2.75, 3.05) is 10.6 Å². The van der Waals surface area contributed by atoms with Crippen molar-refractivity contribution < 1.29 is 13.2 Å². The summed E-state index contributed by atoms with van der Waals surface area (Å²) in [4.78, 5) is 13.0. The van der Waals surface area contributed by atoms with Crippen LogP contribution in [0.3, 0.4) is 0 Å². The van der Waals surface area contributed by atoms with E-state index >= 15 is 0 Å². The average Bonchev–Trinajstić information content (AvgIpc) is 2.61. The fourth-order valence-corrected chi connectivity index (χ4v) is 4.39. The van der Waals surface area contributed by atoms with Crippen LogP contribution in [0.15, 0.2) is 48.5 Å². The Hall–Kier alpha value is -2.34. The lowest BCUT2D eigenvalue weighted by Gasteiger charge is -2.32. The van der Waals surface area contributed by atoms with Crippen molar-refractivity contribution in [2.24, 2.45) is 0 Å². The van der Waals surface area contributed by atoms with Crippen LogP contribution in [-0.4, -0.2) is 26.6 Å². The van der Waals surface area contributed by atoms with E-state index in [1.807, 2.05) is 76.2 Å². The van der Waals surface area contributed by atoms with Gasteiger partial charge in [0.05, 0.1) is 18.0 Å². The van der Waals surface area contributed by atoms with E-state index in [0.717, 1.165) is 22.9 Å². The van der Waals surface area contributed by atoms with Crippen LogP contribution >= 0.6 is 0 Å². The molecular formula is C21H28N2O3S. The van der Waals surface area contributed by atoms with Crippen LogP contribution in [0, 0.1) is 13.8 Å². The standard InChI is InChI=1S/C21H28N2O3S/c1-6-19(21(24)22-17(4)18-10-8-7-9-11-18)23(27(5,25)26)20-14-15(2)12-13-16(20)3/h7-14,17,19H,6H2,1-5H3,(H,22,24)/t17-,19+/m1/s1. The minimum absolute atomic E-state index is 0.215. The van der Waals surface area contributed by atoms with Crippen LogP contribution in [0.2, 0.25) is 0 Å². The largest absolute Gasteiger partial charge is 0.348 e. The third-order valence-corrected chi connectivity index (χ3v) is 5.76. The molecule has 0 heterocycles. The minimum Gasteiger partial charge on any atom is -0.348 e. The number of hydrogen-bond donors (Lipinski definition) is 1. The number of rotatable bonds is 7. The molecule has 27 heavy (non-hydrogen) atoms. The van der Waals surface area contributed by atoms with E-state index < -0.39 is 16.1 Å². The second-order valence-electron chi connectivity index (χ2n) is 6.91. The number of nitrogens with zero attached hydrogens (tertiary/aromatic N) is 1. The molecular weight excluding hydrogens is 360 g/mol. The zero-order valence-electron chi connectivity index (χ0n) is 16.6. The molecule has 2 aromatic carbocycles. The van der Waals surface area contributed by atoms with E-state index in [9.17, 15) is 13.2 Å². The molecule has 0 saturated carbocycles. The first-order valence-electron chi connectivity index (χ1n) is 9.07. The van der Waals surface area contributed by atoms with E-state index in [0.29, 0.717) is 12.1 Å². The summed E-state index contributed by atoms with van der Waals surface area (Å²) >= 11 is 0. The highest BCUT2D eigenvalue weighted by Gasteiger charge is 2.33. The van der Waals surface area contributed by atoms with Gasteiger partial charge in [0.2, 0.25) is 15.9 Å². The molecule has 5 nitrogen and oxygen atoms in total. The van der Waals surface area contributed by atoms with Gasteiger partial charge in [0.25, 0.3) is 0 Å². The highest BCUT2D eigenvalue weighted by Crippen LogP contribution is 2.27. The maximum atomic E-state index is 13.0. The van der Waals surface area contributed by atoms with Crippen molar-refractivity contribution in [3.05, 3.63) is 65.2 Å². The van der Waals surface area contributed by atoms with Crippen molar-refractivity contribution in [3.63, 3.8) is 0 Å². The smallest absolute Gasteiger partial charge is 0.244 e. The summed E-state index contributed by atoms with van der Waals surface area (Å²) in [7, 11) is -3.64. The maximum Gasteiger partial charge on any atom is 0.244 e. The second kappa shape index (κ2) is 8.57. The lowest BCUT2D eigenvalue weighted by atomic mass is 10.1. The average molecular weight is 389 g/mol. The van der Waals surface area contributed by atoms with Crippen molar-refractivity contribution in [1.29, 1.82) is 0 Å². The number of aryl methyl sites for hydroxylation is 2. The molecule has 2 atom stereocenters. The predicted octanol–water partition coefficient (Wildman–Crippen LogP) is 3.73. The number of sulfonamides is 1. The maximum absolute atomic E-state index is 13.0. The molecule has 6 heteroatoms. The molecule has 0 aromatic heterocycles. The van der Waals surface area contributed by atoms with Crippen LogP contribution in [0.25, 0.3) is 0 Å². The molecule has 2 aromatic rings. The first-order valence-corrected chi connectivity index (χ1v) is 10.9. The number of benzene rings is 2. The minimum atomic E-state index is -3.64. The van der Waals surface area contributed by atoms with E-state index in [1.54, 1.807) is 0 Å². The predicted molar refractivity (Wildman–Crippen MR) is 110 cm³/mol. The van der Waals surface area contributed by atoms with Crippen molar-refractivity contribution in [2.45, 2.75) is 46.2 Å². The van der Waals surface area contributed by atoms with Crippen molar-refractivity contribution >= 4 is 21.6 Å². The molecule has 146 valence electrons. The van der Waals surface area contributed by atoms with Gasteiger partial charge in [-0.2, -0.15) is 0 Å². The van der Waals surface area contributed by atoms with Gasteiger partial charge in [0.1, 0.15) is 6.04 Å². The molecule has 0 radical (unpaired) electrons. The van der Waals surface area contributed by atoms with Gasteiger partial charge < -0.3 is 5.32 Å². The van der Waals surface area contributed by atoms with E-state index in [4.69, 9.17) is 0 Å². The number of carbonyl (C=O) groups excluding carboxylic acids is 1. The molecule has 0 aliphatic rings. The fourth-order valence-electron chi connectivity index (χ4n) is 3.13. The van der Waals surface area contributed by atoms with Crippen LogP contribution < -0.4 is 9.62 Å². The highest BCUT2D eigenvalue weighted by atomic mass is 32.2. The van der Waals surface area contributed by atoms with E-state index in [1.165, 1.54) is 4.31 Å². The first kappa shape index (κ1) is 21.0. The Bertz CT molecular complexity index is 895. The van der Waals surface area contributed by atoms with Gasteiger partial charge in [-0.3, -0.25) is 9.10 Å². The Balaban J connectivity index is 2.38. The Morgan fingerprint density at radius 2 is 1.74 bits per heavy atom. The van der Waals surface area contributed by atoms with Gasteiger partial charge >= 0.3 is 0 Å². The van der Waals surface area contributed by atoms with E-state index in [2.05, 4.69) is 5.32 Å². The van der Waals surface area contributed by atoms with Crippen molar-refractivity contribution in [1.82, 2.24) is 5.32 Å². The summed E-state index contributed by atoms with van der Waals surface area (Å²) in [5.74, 6) is -0.305. The van der Waals surface area contributed by atoms with Crippen LogP contribution in [0.5, 0.6) is 0 Å². The second-order valence-corrected chi connectivity index (χ2v) is 8.77. The topological polar surface area (TPSA) is 66.5 Å². The number of anilines is 1. The fraction of sp³-hybridized carbons (Fsp3) is 0.381. The third-order valence-electron chi connectivity index (χ3n) is 4.59. The summed E-state index contributed by atoms with van der Waals surface area (Å²) in [6.07, 6.45) is 1.51. The Morgan fingerprint density at radius 3 is 2.30 bits per heavy atom. The molecule has 0 bridgehead atoms.